The highest BCUT2D eigenvalue weighted by Gasteiger charge is 2.25. The summed E-state index contributed by atoms with van der Waals surface area (Å²) in [6.07, 6.45) is 5.01. The van der Waals surface area contributed by atoms with Crippen molar-refractivity contribution in [2.24, 2.45) is 0 Å². The first kappa shape index (κ1) is 10.9. The van der Waals surface area contributed by atoms with Gasteiger partial charge in [0.25, 0.3) is 0 Å². The molecule has 1 heterocycles. The molecule has 86 valence electrons. The standard InChI is InChI=1S/C12H14O4/c1-15-11(13)8-4-2-3-5-10-9(6-8)7-16-12(10)14/h6H,2-5,7H2,1H3/b8-6+. The molecule has 1 aliphatic heterocycles. The zero-order valence-electron chi connectivity index (χ0n) is 9.25. The van der Waals surface area contributed by atoms with Crippen molar-refractivity contribution in [2.75, 3.05) is 13.7 Å². The maximum Gasteiger partial charge on any atom is 0.334 e. The van der Waals surface area contributed by atoms with Crippen LogP contribution in [0.25, 0.3) is 0 Å². The van der Waals surface area contributed by atoms with Crippen LogP contribution in [-0.4, -0.2) is 25.7 Å². The number of carbonyl (C=O) groups is 2. The van der Waals surface area contributed by atoms with Crippen molar-refractivity contribution in [3.8, 4) is 0 Å². The van der Waals surface area contributed by atoms with Gasteiger partial charge in [0.2, 0.25) is 0 Å². The molecule has 1 aliphatic carbocycles. The molecule has 0 saturated heterocycles. The van der Waals surface area contributed by atoms with Gasteiger partial charge >= 0.3 is 11.9 Å². The van der Waals surface area contributed by atoms with Gasteiger partial charge in [-0.3, -0.25) is 0 Å². The van der Waals surface area contributed by atoms with Crippen LogP contribution in [0.15, 0.2) is 22.8 Å². The van der Waals surface area contributed by atoms with E-state index in [0.29, 0.717) is 12.0 Å². The van der Waals surface area contributed by atoms with Crippen LogP contribution in [0.4, 0.5) is 0 Å². The summed E-state index contributed by atoms with van der Waals surface area (Å²) in [5.74, 6) is -0.550. The van der Waals surface area contributed by atoms with Crippen molar-refractivity contribution < 1.29 is 19.1 Å². The minimum Gasteiger partial charge on any atom is -0.466 e. The Hall–Kier alpha value is -1.58. The lowest BCUT2D eigenvalue weighted by atomic mass is 9.95. The first-order valence-electron chi connectivity index (χ1n) is 5.40. The zero-order valence-corrected chi connectivity index (χ0v) is 9.25. The lowest BCUT2D eigenvalue weighted by Gasteiger charge is -2.09. The number of esters is 2. The second-order valence-electron chi connectivity index (χ2n) is 3.95. The van der Waals surface area contributed by atoms with E-state index >= 15 is 0 Å². The molecule has 16 heavy (non-hydrogen) atoms. The molecule has 0 aromatic carbocycles. The molecule has 0 saturated carbocycles. The topological polar surface area (TPSA) is 52.6 Å². The molecule has 0 fully saturated rings. The van der Waals surface area contributed by atoms with E-state index in [1.54, 1.807) is 6.08 Å². The molecule has 0 amide bonds. The first-order chi connectivity index (χ1) is 7.72. The van der Waals surface area contributed by atoms with Crippen LogP contribution in [0.2, 0.25) is 0 Å². The normalized spacial score (nSPS) is 23.8. The Morgan fingerprint density at radius 2 is 2.12 bits per heavy atom. The van der Waals surface area contributed by atoms with Gasteiger partial charge in [0.05, 0.1) is 7.11 Å². The summed E-state index contributed by atoms with van der Waals surface area (Å²) in [7, 11) is 1.37. The third-order valence-electron chi connectivity index (χ3n) is 2.91. The van der Waals surface area contributed by atoms with Crippen molar-refractivity contribution in [1.82, 2.24) is 0 Å². The molecule has 4 nitrogen and oxygen atoms in total. The largest absolute Gasteiger partial charge is 0.466 e. The Balaban J connectivity index is 2.32. The maximum atomic E-state index is 11.5. The Labute approximate surface area is 93.9 Å². The second kappa shape index (κ2) is 4.51. The molecule has 0 radical (unpaired) electrons. The van der Waals surface area contributed by atoms with Crippen LogP contribution >= 0.6 is 0 Å². The van der Waals surface area contributed by atoms with Gasteiger partial charge in [-0.05, 0) is 31.8 Å². The molecule has 0 N–H and O–H groups in total. The van der Waals surface area contributed by atoms with Crippen LogP contribution in [0.5, 0.6) is 0 Å². The number of ether oxygens (including phenoxy) is 2. The molecule has 4 heteroatoms. The summed E-state index contributed by atoms with van der Waals surface area (Å²) in [6, 6.07) is 0. The van der Waals surface area contributed by atoms with Crippen molar-refractivity contribution in [1.29, 1.82) is 0 Å². The molecule has 0 aromatic rings. The zero-order chi connectivity index (χ0) is 11.5. The average Bonchev–Trinajstić information content (AvgIpc) is 2.57. The quantitative estimate of drug-likeness (QED) is 0.631. The molecule has 0 bridgehead atoms. The van der Waals surface area contributed by atoms with Crippen molar-refractivity contribution in [3.63, 3.8) is 0 Å². The summed E-state index contributed by atoms with van der Waals surface area (Å²) in [6.45, 7) is 0.286. The third-order valence-corrected chi connectivity index (χ3v) is 2.91. The van der Waals surface area contributed by atoms with Gasteiger partial charge in [0.15, 0.2) is 0 Å². The molecular weight excluding hydrogens is 208 g/mol. The Bertz CT molecular complexity index is 390. The van der Waals surface area contributed by atoms with Crippen LogP contribution in [0, 0.1) is 0 Å². The SMILES string of the molecule is COC(=O)/C1=C/C2=C(CCCC1)C(=O)OC2. The fourth-order valence-electron chi connectivity index (χ4n) is 2.03. The average molecular weight is 222 g/mol. The van der Waals surface area contributed by atoms with Gasteiger partial charge in [-0.25, -0.2) is 9.59 Å². The summed E-state index contributed by atoms with van der Waals surface area (Å²) in [5, 5.41) is 0. The smallest absolute Gasteiger partial charge is 0.334 e. The fourth-order valence-corrected chi connectivity index (χ4v) is 2.03. The monoisotopic (exact) mass is 222 g/mol. The summed E-state index contributed by atoms with van der Waals surface area (Å²) in [5.41, 5.74) is 2.19. The minimum absolute atomic E-state index is 0.239. The predicted octanol–water partition coefficient (Wildman–Crippen LogP) is 1.51. The highest BCUT2D eigenvalue weighted by Crippen LogP contribution is 2.27. The van der Waals surface area contributed by atoms with Gasteiger partial charge in [0, 0.05) is 16.7 Å². The Morgan fingerprint density at radius 3 is 2.88 bits per heavy atom. The van der Waals surface area contributed by atoms with E-state index in [9.17, 15) is 9.59 Å². The van der Waals surface area contributed by atoms with E-state index in [0.717, 1.165) is 30.4 Å². The van der Waals surface area contributed by atoms with Crippen LogP contribution in [0.3, 0.4) is 0 Å². The first-order valence-corrected chi connectivity index (χ1v) is 5.40. The van der Waals surface area contributed by atoms with E-state index < -0.39 is 0 Å². The summed E-state index contributed by atoms with van der Waals surface area (Å²) < 4.78 is 9.67. The van der Waals surface area contributed by atoms with Crippen LogP contribution in [-0.2, 0) is 19.1 Å². The molecule has 0 atom stereocenters. The number of hydrogen-bond donors (Lipinski definition) is 0. The number of methoxy groups -OCH3 is 1. The Morgan fingerprint density at radius 1 is 1.38 bits per heavy atom. The van der Waals surface area contributed by atoms with Crippen molar-refractivity contribution >= 4 is 11.9 Å². The second-order valence-corrected chi connectivity index (χ2v) is 3.95. The fraction of sp³-hybridized carbons (Fsp3) is 0.500. The maximum absolute atomic E-state index is 11.5. The van der Waals surface area contributed by atoms with Crippen LogP contribution in [0.1, 0.15) is 25.7 Å². The molecule has 0 aromatic heterocycles. The lowest BCUT2D eigenvalue weighted by Crippen LogP contribution is -2.07. The molecule has 2 rings (SSSR count). The van der Waals surface area contributed by atoms with Gasteiger partial charge < -0.3 is 9.47 Å². The van der Waals surface area contributed by atoms with Gasteiger partial charge in [-0.2, -0.15) is 0 Å². The van der Waals surface area contributed by atoms with E-state index in [1.807, 2.05) is 0 Å². The number of hydrogen-bond acceptors (Lipinski definition) is 4. The number of cyclic esters (lactones) is 1. The summed E-state index contributed by atoms with van der Waals surface area (Å²) in [4.78, 5) is 22.9. The predicted molar refractivity (Wildman–Crippen MR) is 56.6 cm³/mol. The molecule has 2 aliphatic rings. The van der Waals surface area contributed by atoms with Crippen molar-refractivity contribution in [3.05, 3.63) is 22.8 Å². The van der Waals surface area contributed by atoms with E-state index in [1.165, 1.54) is 7.11 Å². The third kappa shape index (κ3) is 2.01. The molecular formula is C12H14O4. The van der Waals surface area contributed by atoms with E-state index in [4.69, 9.17) is 9.47 Å². The van der Waals surface area contributed by atoms with Crippen LogP contribution < -0.4 is 0 Å². The van der Waals surface area contributed by atoms with Crippen molar-refractivity contribution in [2.45, 2.75) is 25.7 Å². The number of carbonyl (C=O) groups excluding carboxylic acids is 2. The van der Waals surface area contributed by atoms with Gasteiger partial charge in [-0.15, -0.1) is 0 Å². The minimum atomic E-state index is -0.312. The Kier molecular flexibility index (Phi) is 3.08. The van der Waals surface area contributed by atoms with Gasteiger partial charge in [0.1, 0.15) is 6.61 Å². The highest BCUT2D eigenvalue weighted by molar-refractivity contribution is 5.94. The highest BCUT2D eigenvalue weighted by atomic mass is 16.5. The van der Waals surface area contributed by atoms with E-state index in [2.05, 4.69) is 0 Å². The lowest BCUT2D eigenvalue weighted by molar-refractivity contribution is -0.137. The van der Waals surface area contributed by atoms with E-state index in [-0.39, 0.29) is 18.5 Å². The summed E-state index contributed by atoms with van der Waals surface area (Å²) >= 11 is 0. The molecule has 0 spiro atoms. The van der Waals surface area contributed by atoms with Gasteiger partial charge in [-0.1, -0.05) is 0 Å². The number of rotatable bonds is 1. The molecule has 0 unspecified atom stereocenters.